The van der Waals surface area contributed by atoms with Gasteiger partial charge in [-0.3, -0.25) is 0 Å². The van der Waals surface area contributed by atoms with Gasteiger partial charge in [0, 0.05) is 4.75 Å². The molecule has 0 heterocycles. The largest absolute Gasteiger partial charge is 0.172 e. The lowest BCUT2D eigenvalue weighted by Crippen LogP contribution is -2.57. The van der Waals surface area contributed by atoms with E-state index in [-0.39, 0.29) is 15.6 Å². The summed E-state index contributed by atoms with van der Waals surface area (Å²) in [4.78, 5) is 0. The predicted octanol–water partition coefficient (Wildman–Crippen LogP) is 8.41. The minimum atomic E-state index is 0.0340. The third-order valence-corrected chi connectivity index (χ3v) is 8.05. The SMILES string of the molecule is CCCCC[C@](C(C)C)(C(C)CC(C)C)C(C)(S)C(C)(C)CCC. The molecule has 0 bridgehead atoms. The third-order valence-electron chi connectivity index (χ3n) is 7.03. The molecule has 0 saturated heterocycles. The van der Waals surface area contributed by atoms with Gasteiger partial charge in [-0.2, -0.15) is 12.6 Å². The molecule has 0 radical (unpaired) electrons. The minimum Gasteiger partial charge on any atom is -0.172 e. The fourth-order valence-corrected chi connectivity index (χ4v) is 6.17. The summed E-state index contributed by atoms with van der Waals surface area (Å²) in [6.45, 7) is 24.2. The van der Waals surface area contributed by atoms with E-state index in [0.717, 1.165) is 5.92 Å². The Morgan fingerprint density at radius 2 is 1.33 bits per heavy atom. The molecular weight excluding hydrogens is 308 g/mol. The smallest absolute Gasteiger partial charge is 0.0213 e. The molecule has 2 unspecified atom stereocenters. The summed E-state index contributed by atoms with van der Waals surface area (Å²) >= 11 is 5.49. The van der Waals surface area contributed by atoms with Gasteiger partial charge in [0.25, 0.3) is 0 Å². The van der Waals surface area contributed by atoms with Crippen molar-refractivity contribution in [2.75, 3.05) is 0 Å². The second-order valence-electron chi connectivity index (χ2n) is 9.89. The van der Waals surface area contributed by atoms with Crippen molar-refractivity contribution in [3.05, 3.63) is 0 Å². The van der Waals surface area contributed by atoms with Crippen molar-refractivity contribution in [2.24, 2.45) is 28.6 Å². The molecule has 0 N–H and O–H groups in total. The molecule has 0 aromatic heterocycles. The molecule has 0 nitrogen and oxygen atoms in total. The molecule has 0 rings (SSSR count). The van der Waals surface area contributed by atoms with Crippen molar-refractivity contribution >= 4 is 12.6 Å². The molecule has 0 aliphatic carbocycles. The van der Waals surface area contributed by atoms with E-state index in [2.05, 4.69) is 69.2 Å². The van der Waals surface area contributed by atoms with Crippen LogP contribution in [-0.2, 0) is 0 Å². The normalized spacial score (nSPS) is 19.4. The van der Waals surface area contributed by atoms with Crippen LogP contribution in [0.15, 0.2) is 0 Å². The van der Waals surface area contributed by atoms with Crippen LogP contribution in [0.5, 0.6) is 0 Å². The van der Waals surface area contributed by atoms with Crippen molar-refractivity contribution in [1.82, 2.24) is 0 Å². The van der Waals surface area contributed by atoms with Gasteiger partial charge in [-0.25, -0.2) is 0 Å². The van der Waals surface area contributed by atoms with Gasteiger partial charge in [-0.15, -0.1) is 0 Å². The van der Waals surface area contributed by atoms with E-state index in [1.54, 1.807) is 0 Å². The van der Waals surface area contributed by atoms with Gasteiger partial charge in [-0.05, 0) is 54.8 Å². The Labute approximate surface area is 160 Å². The van der Waals surface area contributed by atoms with E-state index in [0.29, 0.717) is 11.8 Å². The van der Waals surface area contributed by atoms with Crippen LogP contribution in [-0.4, -0.2) is 4.75 Å². The molecule has 0 aromatic carbocycles. The molecular formula is C23H48S. The van der Waals surface area contributed by atoms with Crippen LogP contribution in [0, 0.1) is 28.6 Å². The van der Waals surface area contributed by atoms with Gasteiger partial charge in [-0.1, -0.05) is 88.0 Å². The van der Waals surface area contributed by atoms with Gasteiger partial charge < -0.3 is 0 Å². The average Bonchev–Trinajstić information content (AvgIpc) is 2.41. The topological polar surface area (TPSA) is 0 Å². The Hall–Kier alpha value is 0.350. The first kappa shape index (κ1) is 24.4. The highest BCUT2D eigenvalue weighted by Gasteiger charge is 2.56. The standard InChI is InChI=1S/C23H48S/c1-11-13-14-16-23(19(5)6,20(7)17-18(3)4)22(10,24)21(8,9)15-12-2/h18-20,24H,11-17H2,1-10H3/t20?,22?,23-/m0/s1. The maximum absolute atomic E-state index is 5.49. The summed E-state index contributed by atoms with van der Waals surface area (Å²) in [5, 5.41) is 0. The Balaban J connectivity index is 6.03. The van der Waals surface area contributed by atoms with Gasteiger partial charge >= 0.3 is 0 Å². The highest BCUT2D eigenvalue weighted by atomic mass is 32.1. The molecule has 0 saturated carbocycles. The van der Waals surface area contributed by atoms with Crippen molar-refractivity contribution < 1.29 is 0 Å². The number of hydrogen-bond acceptors (Lipinski definition) is 1. The fraction of sp³-hybridized carbons (Fsp3) is 1.00. The van der Waals surface area contributed by atoms with Crippen molar-refractivity contribution in [1.29, 1.82) is 0 Å². The number of thiol groups is 1. The van der Waals surface area contributed by atoms with E-state index < -0.39 is 0 Å². The minimum absolute atomic E-state index is 0.0340. The van der Waals surface area contributed by atoms with Gasteiger partial charge in [0.05, 0.1) is 0 Å². The van der Waals surface area contributed by atoms with Crippen LogP contribution >= 0.6 is 12.6 Å². The molecule has 146 valence electrons. The predicted molar refractivity (Wildman–Crippen MR) is 116 cm³/mol. The lowest BCUT2D eigenvalue weighted by molar-refractivity contribution is -0.0245. The Kier molecular flexibility index (Phi) is 10.0. The molecule has 1 heteroatoms. The summed E-state index contributed by atoms with van der Waals surface area (Å²) in [7, 11) is 0. The summed E-state index contributed by atoms with van der Waals surface area (Å²) < 4.78 is 0.0340. The number of rotatable bonds is 12. The third kappa shape index (κ3) is 5.18. The van der Waals surface area contributed by atoms with E-state index in [1.807, 2.05) is 0 Å². The van der Waals surface area contributed by atoms with Gasteiger partial charge in [0.2, 0.25) is 0 Å². The van der Waals surface area contributed by atoms with Crippen LogP contribution in [0.4, 0.5) is 0 Å². The first-order valence-corrected chi connectivity index (χ1v) is 11.1. The first-order valence-electron chi connectivity index (χ1n) is 10.6. The average molecular weight is 357 g/mol. The summed E-state index contributed by atoms with van der Waals surface area (Å²) in [6, 6.07) is 0. The maximum Gasteiger partial charge on any atom is 0.0213 e. The van der Waals surface area contributed by atoms with Gasteiger partial charge in [0.1, 0.15) is 0 Å². The molecule has 0 aliphatic heterocycles. The van der Waals surface area contributed by atoms with Crippen molar-refractivity contribution in [3.8, 4) is 0 Å². The highest BCUT2D eigenvalue weighted by Crippen LogP contribution is 2.61. The molecule has 3 atom stereocenters. The van der Waals surface area contributed by atoms with Crippen molar-refractivity contribution in [3.63, 3.8) is 0 Å². The van der Waals surface area contributed by atoms with E-state index in [9.17, 15) is 0 Å². The quantitative estimate of drug-likeness (QED) is 0.263. The van der Waals surface area contributed by atoms with Crippen LogP contribution in [0.25, 0.3) is 0 Å². The summed E-state index contributed by atoms with van der Waals surface area (Å²) in [5.74, 6) is 2.11. The number of hydrogen-bond donors (Lipinski definition) is 1. The molecule has 0 aliphatic rings. The zero-order valence-corrected chi connectivity index (χ0v) is 19.5. The zero-order valence-electron chi connectivity index (χ0n) is 18.6. The van der Waals surface area contributed by atoms with Crippen LogP contribution in [0.3, 0.4) is 0 Å². The second kappa shape index (κ2) is 9.89. The maximum atomic E-state index is 5.49. The Morgan fingerprint density at radius 1 is 0.792 bits per heavy atom. The number of unbranched alkanes of at least 4 members (excludes halogenated alkanes) is 2. The molecule has 0 aromatic rings. The summed E-state index contributed by atoms with van der Waals surface area (Å²) in [6.07, 6.45) is 9.11. The summed E-state index contributed by atoms with van der Waals surface area (Å²) in [5.41, 5.74) is 0.529. The van der Waals surface area contributed by atoms with Crippen LogP contribution < -0.4 is 0 Å². The molecule has 0 spiro atoms. The van der Waals surface area contributed by atoms with Crippen LogP contribution in [0.1, 0.15) is 114 Å². The molecule has 0 amide bonds. The van der Waals surface area contributed by atoms with Crippen LogP contribution in [0.2, 0.25) is 0 Å². The Bertz CT molecular complexity index is 340. The lowest BCUT2D eigenvalue weighted by atomic mass is 9.50. The van der Waals surface area contributed by atoms with E-state index >= 15 is 0 Å². The lowest BCUT2D eigenvalue weighted by Gasteiger charge is -2.60. The van der Waals surface area contributed by atoms with E-state index in [4.69, 9.17) is 12.6 Å². The highest BCUT2D eigenvalue weighted by molar-refractivity contribution is 7.81. The fourth-order valence-electron chi connectivity index (χ4n) is 5.47. The molecule has 0 fully saturated rings. The monoisotopic (exact) mass is 356 g/mol. The van der Waals surface area contributed by atoms with Crippen molar-refractivity contribution in [2.45, 2.75) is 119 Å². The van der Waals surface area contributed by atoms with E-state index in [1.165, 1.54) is 44.9 Å². The second-order valence-corrected chi connectivity index (χ2v) is 10.8. The first-order chi connectivity index (χ1) is 10.9. The Morgan fingerprint density at radius 3 is 1.71 bits per heavy atom. The molecule has 24 heavy (non-hydrogen) atoms. The zero-order chi connectivity index (χ0) is 19.2. The van der Waals surface area contributed by atoms with Gasteiger partial charge in [0.15, 0.2) is 0 Å².